The molecule has 1 saturated carbocycles. The second-order valence-corrected chi connectivity index (χ2v) is 8.32. The topological polar surface area (TPSA) is 29.5 Å². The third kappa shape index (κ3) is 3.31. The van der Waals surface area contributed by atoms with Crippen molar-refractivity contribution in [2.75, 3.05) is 7.11 Å². The van der Waals surface area contributed by atoms with Crippen molar-refractivity contribution in [2.45, 2.75) is 37.9 Å². The average molecular weight is 418 g/mol. The maximum Gasteiger partial charge on any atom is 0.133 e. The van der Waals surface area contributed by atoms with Crippen molar-refractivity contribution in [1.29, 1.82) is 0 Å². The average Bonchev–Trinajstić information content (AvgIpc) is 2.41. The van der Waals surface area contributed by atoms with Crippen LogP contribution >= 0.6 is 31.9 Å². The Morgan fingerprint density at radius 1 is 1.43 bits per heavy atom. The molecule has 0 saturated heterocycles. The van der Waals surface area contributed by atoms with Crippen molar-refractivity contribution in [2.24, 2.45) is 11.3 Å². The highest BCUT2D eigenvalue weighted by Gasteiger charge is 2.41. The predicted octanol–water partition coefficient (Wildman–Crippen LogP) is 5.46. The molecule has 0 amide bonds. The smallest absolute Gasteiger partial charge is 0.133 e. The third-order valence-corrected chi connectivity index (χ3v) is 6.95. The molecule has 1 aromatic rings. The number of phenolic OH excluding ortho intramolecular Hbond substituents is 1. The Morgan fingerprint density at radius 2 is 2.10 bits per heavy atom. The van der Waals surface area contributed by atoms with Gasteiger partial charge in [-0.25, -0.2) is 0 Å². The van der Waals surface area contributed by atoms with E-state index >= 15 is 0 Å². The van der Waals surface area contributed by atoms with Gasteiger partial charge < -0.3 is 9.84 Å². The summed E-state index contributed by atoms with van der Waals surface area (Å²) in [6.07, 6.45) is 2.94. The van der Waals surface area contributed by atoms with E-state index in [0.717, 1.165) is 35.0 Å². The normalized spacial score (nSPS) is 24.9. The van der Waals surface area contributed by atoms with Crippen molar-refractivity contribution in [3.05, 3.63) is 34.3 Å². The van der Waals surface area contributed by atoms with Crippen LogP contribution in [-0.2, 0) is 6.42 Å². The molecule has 1 aromatic carbocycles. The van der Waals surface area contributed by atoms with Crippen LogP contribution in [0.5, 0.6) is 11.5 Å². The number of alkyl halides is 1. The minimum absolute atomic E-state index is 0.113. The van der Waals surface area contributed by atoms with Crippen molar-refractivity contribution in [3.8, 4) is 11.5 Å². The summed E-state index contributed by atoms with van der Waals surface area (Å²) in [6, 6.07) is 3.62. The lowest BCUT2D eigenvalue weighted by Crippen LogP contribution is -2.39. The van der Waals surface area contributed by atoms with Crippen LogP contribution in [0.4, 0.5) is 0 Å². The van der Waals surface area contributed by atoms with Crippen molar-refractivity contribution in [3.63, 3.8) is 0 Å². The monoisotopic (exact) mass is 416 g/mol. The number of benzene rings is 1. The highest BCUT2D eigenvalue weighted by molar-refractivity contribution is 9.10. The van der Waals surface area contributed by atoms with Gasteiger partial charge in [0, 0.05) is 4.83 Å². The molecule has 0 spiro atoms. The van der Waals surface area contributed by atoms with E-state index in [1.165, 1.54) is 5.57 Å². The van der Waals surface area contributed by atoms with Gasteiger partial charge in [-0.3, -0.25) is 0 Å². The minimum atomic E-state index is 0.113. The Balaban J connectivity index is 2.34. The largest absolute Gasteiger partial charge is 0.508 e. The van der Waals surface area contributed by atoms with Gasteiger partial charge in [0.15, 0.2) is 0 Å². The zero-order valence-electron chi connectivity index (χ0n) is 12.7. The Bertz CT molecular complexity index is 552. The van der Waals surface area contributed by atoms with E-state index in [4.69, 9.17) is 4.74 Å². The number of hydrogen-bond donors (Lipinski definition) is 1. The maximum atomic E-state index is 10.2. The van der Waals surface area contributed by atoms with Gasteiger partial charge in [0.25, 0.3) is 0 Å². The van der Waals surface area contributed by atoms with E-state index in [9.17, 15) is 5.11 Å². The van der Waals surface area contributed by atoms with E-state index in [2.05, 4.69) is 52.3 Å². The quantitative estimate of drug-likeness (QED) is 0.522. The van der Waals surface area contributed by atoms with Gasteiger partial charge in [-0.05, 0) is 64.2 Å². The molecular formula is C17H22Br2O2. The maximum absolute atomic E-state index is 10.2. The van der Waals surface area contributed by atoms with Gasteiger partial charge in [-0.2, -0.15) is 0 Å². The first-order chi connectivity index (χ1) is 9.77. The number of allylic oxidation sites excluding steroid dienone is 1. The fourth-order valence-electron chi connectivity index (χ4n) is 3.13. The van der Waals surface area contributed by atoms with Crippen LogP contribution in [-0.4, -0.2) is 17.0 Å². The van der Waals surface area contributed by atoms with Gasteiger partial charge in [0.05, 0.1) is 11.6 Å². The standard InChI is InChI=1S/C17H22Br2O2/c1-10-5-6-16(19)17(2,3)12(10)7-11-8-15(21-4)13(18)9-14(11)20/h8-9,12,16,20H,1,5-7H2,2-4H3/t12-,16?/m0/s1. The van der Waals surface area contributed by atoms with E-state index in [1.54, 1.807) is 13.2 Å². The summed E-state index contributed by atoms with van der Waals surface area (Å²) in [5, 5.41) is 10.2. The van der Waals surface area contributed by atoms with Crippen molar-refractivity contribution in [1.82, 2.24) is 0 Å². The number of hydrogen-bond acceptors (Lipinski definition) is 2. The van der Waals surface area contributed by atoms with Crippen LogP contribution in [0.3, 0.4) is 0 Å². The molecule has 0 heterocycles. The Kier molecular flexibility index (Phi) is 5.09. The molecule has 0 radical (unpaired) electrons. The van der Waals surface area contributed by atoms with Gasteiger partial charge in [-0.15, -0.1) is 0 Å². The Hall–Kier alpha value is -0.480. The minimum Gasteiger partial charge on any atom is -0.508 e. The molecule has 116 valence electrons. The number of halogens is 2. The van der Waals surface area contributed by atoms with Crippen LogP contribution in [0.15, 0.2) is 28.8 Å². The summed E-state index contributed by atoms with van der Waals surface area (Å²) >= 11 is 7.21. The predicted molar refractivity (Wildman–Crippen MR) is 94.4 cm³/mol. The first-order valence-corrected chi connectivity index (χ1v) is 8.85. The molecule has 4 heteroatoms. The molecule has 1 aliphatic carbocycles. The fourth-order valence-corrected chi connectivity index (χ4v) is 4.18. The van der Waals surface area contributed by atoms with Gasteiger partial charge >= 0.3 is 0 Å². The van der Waals surface area contributed by atoms with Gasteiger partial charge in [-0.1, -0.05) is 41.9 Å². The van der Waals surface area contributed by atoms with Crippen LogP contribution in [0.2, 0.25) is 0 Å². The van der Waals surface area contributed by atoms with E-state index < -0.39 is 0 Å². The number of phenols is 1. The van der Waals surface area contributed by atoms with E-state index in [1.807, 2.05) is 6.07 Å². The number of methoxy groups -OCH3 is 1. The second kappa shape index (κ2) is 6.33. The highest BCUT2D eigenvalue weighted by atomic mass is 79.9. The first kappa shape index (κ1) is 16.9. The highest BCUT2D eigenvalue weighted by Crippen LogP contribution is 2.49. The summed E-state index contributed by atoms with van der Waals surface area (Å²) in [6.45, 7) is 8.81. The first-order valence-electron chi connectivity index (χ1n) is 7.14. The Morgan fingerprint density at radius 3 is 2.71 bits per heavy atom. The zero-order chi connectivity index (χ0) is 15.8. The van der Waals surface area contributed by atoms with Crippen LogP contribution in [0.1, 0.15) is 32.3 Å². The molecule has 2 nitrogen and oxygen atoms in total. The summed E-state index contributed by atoms with van der Waals surface area (Å²) in [5.74, 6) is 1.40. The van der Waals surface area contributed by atoms with E-state index in [-0.39, 0.29) is 5.41 Å². The van der Waals surface area contributed by atoms with Gasteiger partial charge in [0.1, 0.15) is 11.5 Å². The number of ether oxygens (including phenoxy) is 1. The molecule has 0 aromatic heterocycles. The molecule has 1 unspecified atom stereocenters. The SMILES string of the molecule is C=C1CCC(Br)C(C)(C)[C@H]1Cc1cc(OC)c(Br)cc1O. The summed E-state index contributed by atoms with van der Waals surface area (Å²) in [7, 11) is 1.64. The fraction of sp³-hybridized carbons (Fsp3) is 0.529. The van der Waals surface area contributed by atoms with Gasteiger partial charge in [0.2, 0.25) is 0 Å². The summed E-state index contributed by atoms with van der Waals surface area (Å²) in [4.78, 5) is 0.472. The molecule has 2 rings (SSSR count). The lowest BCUT2D eigenvalue weighted by atomic mass is 9.64. The molecule has 1 fully saturated rings. The van der Waals surface area contributed by atoms with Crippen LogP contribution in [0.25, 0.3) is 0 Å². The lowest BCUT2D eigenvalue weighted by molar-refractivity contribution is 0.201. The van der Waals surface area contributed by atoms with Crippen LogP contribution < -0.4 is 4.74 Å². The lowest BCUT2D eigenvalue weighted by Gasteiger charge is -2.44. The molecule has 1 N–H and O–H groups in total. The number of rotatable bonds is 3. The molecule has 0 bridgehead atoms. The molecule has 1 aliphatic rings. The second-order valence-electron chi connectivity index (χ2n) is 6.36. The molecule has 21 heavy (non-hydrogen) atoms. The summed E-state index contributed by atoms with van der Waals surface area (Å²) < 4.78 is 6.11. The molecule has 0 aliphatic heterocycles. The molecule has 2 atom stereocenters. The zero-order valence-corrected chi connectivity index (χ0v) is 15.9. The third-order valence-electron chi connectivity index (χ3n) is 4.69. The number of aromatic hydroxyl groups is 1. The van der Waals surface area contributed by atoms with Crippen molar-refractivity contribution >= 4 is 31.9 Å². The Labute approximate surface area is 143 Å². The van der Waals surface area contributed by atoms with E-state index in [0.29, 0.717) is 16.5 Å². The van der Waals surface area contributed by atoms with Crippen molar-refractivity contribution < 1.29 is 9.84 Å². The van der Waals surface area contributed by atoms with Crippen LogP contribution in [0, 0.1) is 11.3 Å². The summed E-state index contributed by atoms with van der Waals surface area (Å²) in [5.41, 5.74) is 2.30. The molecular weight excluding hydrogens is 396 g/mol.